The third kappa shape index (κ3) is 2.90. The molecule has 0 aliphatic heterocycles. The van der Waals surface area contributed by atoms with E-state index in [1.54, 1.807) is 10.9 Å². The maximum atomic E-state index is 12.1. The lowest BCUT2D eigenvalue weighted by molar-refractivity contribution is -0.113. The molecular formula is C14H17N5O. The molecule has 0 aliphatic carbocycles. The highest BCUT2D eigenvalue weighted by Gasteiger charge is 2.19. The Morgan fingerprint density at radius 3 is 2.60 bits per heavy atom. The van der Waals surface area contributed by atoms with Crippen LogP contribution in [-0.4, -0.2) is 45.0 Å². The van der Waals surface area contributed by atoms with E-state index < -0.39 is 0 Å². The molecule has 0 radical (unpaired) electrons. The van der Waals surface area contributed by atoms with Gasteiger partial charge >= 0.3 is 0 Å². The van der Waals surface area contributed by atoms with Crippen LogP contribution >= 0.6 is 0 Å². The molecular weight excluding hydrogens is 254 g/mol. The molecule has 104 valence electrons. The van der Waals surface area contributed by atoms with Gasteiger partial charge in [0.1, 0.15) is 0 Å². The molecule has 0 bridgehead atoms. The number of allylic oxidation sites excluding steroid dienone is 1. The van der Waals surface area contributed by atoms with Crippen LogP contribution in [0.25, 0.3) is 11.3 Å². The Labute approximate surface area is 117 Å². The van der Waals surface area contributed by atoms with Crippen LogP contribution in [0, 0.1) is 0 Å². The number of nitrogens with zero attached hydrogens (tertiary/aromatic N) is 5. The average molecular weight is 271 g/mol. The number of ketones is 1. The second-order valence-corrected chi connectivity index (χ2v) is 4.53. The fourth-order valence-electron chi connectivity index (χ4n) is 1.80. The number of hydrogen-bond donors (Lipinski definition) is 0. The second kappa shape index (κ2) is 6.10. The second-order valence-electron chi connectivity index (χ2n) is 4.53. The SMILES string of the molecule is CCC(=O)/C(=C\N(C)C)c1nnnn1-c1ccccc1. The van der Waals surface area contributed by atoms with Gasteiger partial charge in [0.15, 0.2) is 11.6 Å². The molecule has 0 unspecified atom stereocenters. The molecule has 6 heteroatoms. The maximum absolute atomic E-state index is 12.1. The Bertz CT molecular complexity index is 616. The molecule has 2 aromatic rings. The van der Waals surface area contributed by atoms with E-state index in [0.717, 1.165) is 5.69 Å². The first-order valence-corrected chi connectivity index (χ1v) is 6.39. The average Bonchev–Trinajstić information content (AvgIpc) is 2.93. The van der Waals surface area contributed by atoms with Crippen molar-refractivity contribution in [3.63, 3.8) is 0 Å². The van der Waals surface area contributed by atoms with Crippen molar-refractivity contribution in [2.24, 2.45) is 0 Å². The maximum Gasteiger partial charge on any atom is 0.192 e. The van der Waals surface area contributed by atoms with Crippen molar-refractivity contribution in [3.8, 4) is 5.69 Å². The first-order chi connectivity index (χ1) is 9.63. The van der Waals surface area contributed by atoms with Crippen LogP contribution in [0.15, 0.2) is 36.5 Å². The molecule has 1 aromatic heterocycles. The van der Waals surface area contributed by atoms with Gasteiger partial charge in [-0.1, -0.05) is 25.1 Å². The van der Waals surface area contributed by atoms with Gasteiger partial charge < -0.3 is 4.90 Å². The highest BCUT2D eigenvalue weighted by molar-refractivity contribution is 6.19. The summed E-state index contributed by atoms with van der Waals surface area (Å²) in [6, 6.07) is 9.50. The van der Waals surface area contributed by atoms with Crippen molar-refractivity contribution >= 4 is 11.4 Å². The summed E-state index contributed by atoms with van der Waals surface area (Å²) in [5.41, 5.74) is 1.33. The molecule has 20 heavy (non-hydrogen) atoms. The van der Waals surface area contributed by atoms with Crippen LogP contribution in [0.5, 0.6) is 0 Å². The summed E-state index contributed by atoms with van der Waals surface area (Å²) in [7, 11) is 3.72. The van der Waals surface area contributed by atoms with Crippen LogP contribution in [0.4, 0.5) is 0 Å². The van der Waals surface area contributed by atoms with Crippen LogP contribution in [0.2, 0.25) is 0 Å². The number of carbonyl (C=O) groups excluding carboxylic acids is 1. The van der Waals surface area contributed by atoms with E-state index in [1.165, 1.54) is 0 Å². The van der Waals surface area contributed by atoms with Gasteiger partial charge in [-0.3, -0.25) is 4.79 Å². The molecule has 0 saturated carbocycles. The summed E-state index contributed by atoms with van der Waals surface area (Å²) in [4.78, 5) is 13.9. The van der Waals surface area contributed by atoms with Gasteiger partial charge in [0.2, 0.25) is 0 Å². The minimum atomic E-state index is 0.00526. The molecule has 0 amide bonds. The Morgan fingerprint density at radius 2 is 2.00 bits per heavy atom. The number of aromatic nitrogens is 4. The summed E-state index contributed by atoms with van der Waals surface area (Å²) in [6.45, 7) is 1.82. The van der Waals surface area contributed by atoms with Gasteiger partial charge in [0, 0.05) is 26.7 Å². The van der Waals surface area contributed by atoms with Crippen LogP contribution in [-0.2, 0) is 4.79 Å². The lowest BCUT2D eigenvalue weighted by atomic mass is 10.1. The number of carbonyl (C=O) groups is 1. The van der Waals surface area contributed by atoms with Crippen molar-refractivity contribution in [3.05, 3.63) is 42.4 Å². The molecule has 1 aromatic carbocycles. The summed E-state index contributed by atoms with van der Waals surface area (Å²) in [5, 5.41) is 11.7. The van der Waals surface area contributed by atoms with Gasteiger partial charge in [0.05, 0.1) is 11.3 Å². The minimum Gasteiger partial charge on any atom is -0.383 e. The topological polar surface area (TPSA) is 63.9 Å². The smallest absolute Gasteiger partial charge is 0.192 e. The van der Waals surface area contributed by atoms with Crippen molar-refractivity contribution in [2.45, 2.75) is 13.3 Å². The van der Waals surface area contributed by atoms with Crippen LogP contribution < -0.4 is 0 Å². The van der Waals surface area contributed by atoms with Gasteiger partial charge in [-0.15, -0.1) is 5.10 Å². The summed E-state index contributed by atoms with van der Waals surface area (Å²) < 4.78 is 1.57. The Hall–Kier alpha value is -2.50. The van der Waals surface area contributed by atoms with Gasteiger partial charge in [-0.05, 0) is 22.6 Å². The number of rotatable bonds is 5. The monoisotopic (exact) mass is 271 g/mol. The molecule has 0 fully saturated rings. The molecule has 0 saturated heterocycles. The zero-order chi connectivity index (χ0) is 14.5. The Balaban J connectivity index is 2.52. The first kappa shape index (κ1) is 13.9. The van der Waals surface area contributed by atoms with Gasteiger partial charge in [0.25, 0.3) is 0 Å². The molecule has 0 atom stereocenters. The number of Topliss-reactive ketones (excluding diaryl/α,β-unsaturated/α-hetero) is 1. The van der Waals surface area contributed by atoms with E-state index in [0.29, 0.717) is 17.8 Å². The van der Waals surface area contributed by atoms with E-state index in [-0.39, 0.29) is 5.78 Å². The normalized spacial score (nSPS) is 11.4. The zero-order valence-corrected chi connectivity index (χ0v) is 11.8. The number of tetrazole rings is 1. The lowest BCUT2D eigenvalue weighted by Gasteiger charge is -2.10. The van der Waals surface area contributed by atoms with Crippen molar-refractivity contribution < 1.29 is 4.79 Å². The molecule has 0 N–H and O–H groups in total. The van der Waals surface area contributed by atoms with E-state index >= 15 is 0 Å². The fourth-order valence-corrected chi connectivity index (χ4v) is 1.80. The van der Waals surface area contributed by atoms with Gasteiger partial charge in [-0.25, -0.2) is 0 Å². The molecule has 6 nitrogen and oxygen atoms in total. The summed E-state index contributed by atoms with van der Waals surface area (Å²) >= 11 is 0. The molecule has 0 spiro atoms. The van der Waals surface area contributed by atoms with Crippen molar-refractivity contribution in [1.82, 2.24) is 25.1 Å². The van der Waals surface area contributed by atoms with E-state index in [2.05, 4.69) is 15.5 Å². The third-order valence-electron chi connectivity index (χ3n) is 2.72. The van der Waals surface area contributed by atoms with Crippen LogP contribution in [0.3, 0.4) is 0 Å². The molecule has 2 rings (SSSR count). The van der Waals surface area contributed by atoms with E-state index in [4.69, 9.17) is 0 Å². The quantitative estimate of drug-likeness (QED) is 0.772. The fraction of sp³-hybridized carbons (Fsp3) is 0.286. The predicted octanol–water partition coefficient (Wildman–Crippen LogP) is 1.54. The van der Waals surface area contributed by atoms with E-state index in [9.17, 15) is 4.79 Å². The van der Waals surface area contributed by atoms with Crippen molar-refractivity contribution in [1.29, 1.82) is 0 Å². The Kier molecular flexibility index (Phi) is 4.24. The van der Waals surface area contributed by atoms with Gasteiger partial charge in [-0.2, -0.15) is 4.68 Å². The zero-order valence-electron chi connectivity index (χ0n) is 11.8. The summed E-state index contributed by atoms with van der Waals surface area (Å²) in [5.74, 6) is 0.461. The standard InChI is InChI=1S/C14H17N5O/c1-4-13(20)12(10-18(2)3)14-15-16-17-19(14)11-8-6-5-7-9-11/h5-10H,4H2,1-3H3/b12-10+. The van der Waals surface area contributed by atoms with Crippen LogP contribution in [0.1, 0.15) is 19.2 Å². The highest BCUT2D eigenvalue weighted by atomic mass is 16.1. The summed E-state index contributed by atoms with van der Waals surface area (Å²) in [6.07, 6.45) is 2.15. The molecule has 0 aliphatic rings. The minimum absolute atomic E-state index is 0.00526. The number of hydrogen-bond acceptors (Lipinski definition) is 5. The number of para-hydroxylation sites is 1. The first-order valence-electron chi connectivity index (χ1n) is 6.39. The highest BCUT2D eigenvalue weighted by Crippen LogP contribution is 2.17. The predicted molar refractivity (Wildman–Crippen MR) is 76.1 cm³/mol. The number of benzene rings is 1. The van der Waals surface area contributed by atoms with Crippen molar-refractivity contribution in [2.75, 3.05) is 14.1 Å². The Morgan fingerprint density at radius 1 is 1.30 bits per heavy atom. The third-order valence-corrected chi connectivity index (χ3v) is 2.72. The largest absolute Gasteiger partial charge is 0.383 e. The molecule has 1 heterocycles. The lowest BCUT2D eigenvalue weighted by Crippen LogP contribution is -2.12. The van der Waals surface area contributed by atoms with E-state index in [1.807, 2.05) is 56.3 Å².